The standard InChI is InChI=1S/C11H15N3O/c1-14(7-8-5-6-8)11(15)9-3-2-4-10(12)13-9/h2-4,8H,5-7H2,1H3,(H2,12,13). The summed E-state index contributed by atoms with van der Waals surface area (Å²) in [6.07, 6.45) is 2.48. The van der Waals surface area contributed by atoms with E-state index in [1.807, 2.05) is 7.05 Å². The minimum Gasteiger partial charge on any atom is -0.384 e. The van der Waals surface area contributed by atoms with Gasteiger partial charge in [-0.3, -0.25) is 4.79 Å². The Morgan fingerprint density at radius 2 is 2.33 bits per heavy atom. The molecule has 4 heteroatoms. The molecule has 0 aliphatic heterocycles. The van der Waals surface area contributed by atoms with E-state index in [0.717, 1.165) is 6.54 Å². The van der Waals surface area contributed by atoms with Gasteiger partial charge >= 0.3 is 0 Å². The molecule has 1 aliphatic carbocycles. The maximum absolute atomic E-state index is 11.9. The molecule has 1 saturated carbocycles. The number of aromatic nitrogens is 1. The molecule has 0 radical (unpaired) electrons. The highest BCUT2D eigenvalue weighted by Crippen LogP contribution is 2.29. The van der Waals surface area contributed by atoms with Gasteiger partial charge in [0.25, 0.3) is 5.91 Å². The summed E-state index contributed by atoms with van der Waals surface area (Å²) in [5, 5.41) is 0. The normalized spacial score (nSPS) is 15.0. The van der Waals surface area contributed by atoms with Crippen LogP contribution in [0.3, 0.4) is 0 Å². The average Bonchev–Trinajstić information content (AvgIpc) is 3.00. The van der Waals surface area contributed by atoms with E-state index >= 15 is 0 Å². The lowest BCUT2D eigenvalue weighted by atomic mass is 10.3. The number of hydrogen-bond acceptors (Lipinski definition) is 3. The second-order valence-electron chi connectivity index (χ2n) is 4.08. The number of pyridine rings is 1. The molecule has 0 spiro atoms. The van der Waals surface area contributed by atoms with Gasteiger partial charge in [0.05, 0.1) is 0 Å². The smallest absolute Gasteiger partial charge is 0.272 e. The molecule has 80 valence electrons. The lowest BCUT2D eigenvalue weighted by molar-refractivity contribution is 0.0783. The summed E-state index contributed by atoms with van der Waals surface area (Å²) in [6.45, 7) is 0.829. The highest BCUT2D eigenvalue weighted by Gasteiger charge is 2.25. The molecule has 2 N–H and O–H groups in total. The number of rotatable bonds is 3. The Bertz CT molecular complexity index is 374. The van der Waals surface area contributed by atoms with Crippen LogP contribution in [-0.4, -0.2) is 29.4 Å². The van der Waals surface area contributed by atoms with Gasteiger partial charge in [0.15, 0.2) is 0 Å². The molecule has 1 fully saturated rings. The van der Waals surface area contributed by atoms with Gasteiger partial charge in [-0.05, 0) is 30.9 Å². The maximum atomic E-state index is 11.9. The van der Waals surface area contributed by atoms with Crippen molar-refractivity contribution in [2.75, 3.05) is 19.3 Å². The molecule has 15 heavy (non-hydrogen) atoms. The van der Waals surface area contributed by atoms with Crippen LogP contribution in [0.15, 0.2) is 18.2 Å². The summed E-state index contributed by atoms with van der Waals surface area (Å²) in [6, 6.07) is 5.13. The van der Waals surface area contributed by atoms with E-state index in [1.165, 1.54) is 12.8 Å². The van der Waals surface area contributed by atoms with Crippen molar-refractivity contribution in [1.82, 2.24) is 9.88 Å². The van der Waals surface area contributed by atoms with Crippen LogP contribution in [0.1, 0.15) is 23.3 Å². The zero-order chi connectivity index (χ0) is 10.8. The molecule has 1 heterocycles. The first-order valence-corrected chi connectivity index (χ1v) is 5.15. The molecule has 1 aromatic heterocycles. The number of hydrogen-bond donors (Lipinski definition) is 1. The van der Waals surface area contributed by atoms with Crippen LogP contribution >= 0.6 is 0 Å². The number of carbonyl (C=O) groups is 1. The Labute approximate surface area is 89.1 Å². The third-order valence-corrected chi connectivity index (χ3v) is 2.57. The molecule has 0 saturated heterocycles. The number of nitrogen functional groups attached to an aromatic ring is 1. The first kappa shape index (κ1) is 9.96. The summed E-state index contributed by atoms with van der Waals surface area (Å²) >= 11 is 0. The Hall–Kier alpha value is -1.58. The van der Waals surface area contributed by atoms with E-state index < -0.39 is 0 Å². The van der Waals surface area contributed by atoms with E-state index in [4.69, 9.17) is 5.73 Å². The van der Waals surface area contributed by atoms with Gasteiger partial charge in [-0.15, -0.1) is 0 Å². The number of carbonyl (C=O) groups excluding carboxylic acids is 1. The van der Waals surface area contributed by atoms with Gasteiger partial charge in [-0.2, -0.15) is 0 Å². The fourth-order valence-corrected chi connectivity index (χ4v) is 1.54. The van der Waals surface area contributed by atoms with Gasteiger partial charge in [-0.25, -0.2) is 4.98 Å². The molecule has 0 atom stereocenters. The van der Waals surface area contributed by atoms with Crippen LogP contribution in [0.25, 0.3) is 0 Å². The largest absolute Gasteiger partial charge is 0.384 e. The second kappa shape index (κ2) is 3.88. The molecule has 0 aromatic carbocycles. The predicted octanol–water partition coefficient (Wildman–Crippen LogP) is 1.15. The van der Waals surface area contributed by atoms with Crippen molar-refractivity contribution in [3.8, 4) is 0 Å². The van der Waals surface area contributed by atoms with Crippen molar-refractivity contribution >= 4 is 11.7 Å². The minimum atomic E-state index is -0.0470. The molecule has 1 aliphatic rings. The predicted molar refractivity (Wildman–Crippen MR) is 58.3 cm³/mol. The lowest BCUT2D eigenvalue weighted by Crippen LogP contribution is -2.29. The third-order valence-electron chi connectivity index (χ3n) is 2.57. The number of amides is 1. The van der Waals surface area contributed by atoms with Crippen molar-refractivity contribution in [3.05, 3.63) is 23.9 Å². The molecule has 2 rings (SSSR count). The topological polar surface area (TPSA) is 59.2 Å². The van der Waals surface area contributed by atoms with Crippen molar-refractivity contribution in [2.45, 2.75) is 12.8 Å². The minimum absolute atomic E-state index is 0.0470. The quantitative estimate of drug-likeness (QED) is 0.805. The van der Waals surface area contributed by atoms with Gasteiger partial charge in [0, 0.05) is 13.6 Å². The van der Waals surface area contributed by atoms with E-state index in [0.29, 0.717) is 17.4 Å². The van der Waals surface area contributed by atoms with E-state index in [-0.39, 0.29) is 5.91 Å². The first-order chi connectivity index (χ1) is 7.16. The Morgan fingerprint density at radius 3 is 2.93 bits per heavy atom. The van der Waals surface area contributed by atoms with Crippen molar-refractivity contribution in [1.29, 1.82) is 0 Å². The number of nitrogens with zero attached hydrogens (tertiary/aromatic N) is 2. The summed E-state index contributed by atoms with van der Waals surface area (Å²) < 4.78 is 0. The van der Waals surface area contributed by atoms with Crippen molar-refractivity contribution < 1.29 is 4.79 Å². The fraction of sp³-hybridized carbons (Fsp3) is 0.455. The Kier molecular flexibility index (Phi) is 2.58. The highest BCUT2D eigenvalue weighted by molar-refractivity contribution is 5.92. The second-order valence-corrected chi connectivity index (χ2v) is 4.08. The Morgan fingerprint density at radius 1 is 1.60 bits per heavy atom. The third kappa shape index (κ3) is 2.46. The van der Waals surface area contributed by atoms with Crippen LogP contribution in [0.5, 0.6) is 0 Å². The van der Waals surface area contributed by atoms with E-state index in [1.54, 1.807) is 23.1 Å². The lowest BCUT2D eigenvalue weighted by Gasteiger charge is -2.16. The SMILES string of the molecule is CN(CC1CC1)C(=O)c1cccc(N)n1. The Balaban J connectivity index is 2.05. The average molecular weight is 205 g/mol. The number of nitrogens with two attached hydrogens (primary N) is 1. The molecule has 1 amide bonds. The molecular formula is C11H15N3O. The maximum Gasteiger partial charge on any atom is 0.272 e. The molecule has 0 bridgehead atoms. The van der Waals surface area contributed by atoms with E-state index in [2.05, 4.69) is 4.98 Å². The molecular weight excluding hydrogens is 190 g/mol. The van der Waals surface area contributed by atoms with Crippen LogP contribution in [0.2, 0.25) is 0 Å². The summed E-state index contributed by atoms with van der Waals surface area (Å²) in [5.41, 5.74) is 5.96. The van der Waals surface area contributed by atoms with Gasteiger partial charge < -0.3 is 10.6 Å². The molecule has 0 unspecified atom stereocenters. The summed E-state index contributed by atoms with van der Waals surface area (Å²) in [4.78, 5) is 17.6. The van der Waals surface area contributed by atoms with Crippen LogP contribution < -0.4 is 5.73 Å². The van der Waals surface area contributed by atoms with Crippen LogP contribution in [-0.2, 0) is 0 Å². The highest BCUT2D eigenvalue weighted by atomic mass is 16.2. The van der Waals surface area contributed by atoms with Gasteiger partial charge in [-0.1, -0.05) is 6.07 Å². The van der Waals surface area contributed by atoms with Gasteiger partial charge in [0.1, 0.15) is 11.5 Å². The van der Waals surface area contributed by atoms with Gasteiger partial charge in [0.2, 0.25) is 0 Å². The monoisotopic (exact) mass is 205 g/mol. The van der Waals surface area contributed by atoms with Crippen LogP contribution in [0.4, 0.5) is 5.82 Å². The first-order valence-electron chi connectivity index (χ1n) is 5.15. The fourth-order valence-electron chi connectivity index (χ4n) is 1.54. The summed E-state index contributed by atoms with van der Waals surface area (Å²) in [7, 11) is 1.81. The van der Waals surface area contributed by atoms with Crippen molar-refractivity contribution in [3.63, 3.8) is 0 Å². The zero-order valence-corrected chi connectivity index (χ0v) is 8.81. The van der Waals surface area contributed by atoms with Crippen molar-refractivity contribution in [2.24, 2.45) is 5.92 Å². The molecule has 4 nitrogen and oxygen atoms in total. The van der Waals surface area contributed by atoms with Crippen LogP contribution in [0, 0.1) is 5.92 Å². The molecule has 1 aromatic rings. The summed E-state index contributed by atoms with van der Waals surface area (Å²) in [5.74, 6) is 1.04. The van der Waals surface area contributed by atoms with E-state index in [9.17, 15) is 4.79 Å². The number of anilines is 1. The zero-order valence-electron chi connectivity index (χ0n) is 8.81.